The van der Waals surface area contributed by atoms with Crippen LogP contribution in [0.4, 0.5) is 13.2 Å². The van der Waals surface area contributed by atoms with E-state index in [-0.39, 0.29) is 5.65 Å². The van der Waals surface area contributed by atoms with Gasteiger partial charge >= 0.3 is 6.18 Å². The van der Waals surface area contributed by atoms with E-state index in [0.29, 0.717) is 18.4 Å². The number of fused-ring (bicyclic) bond motifs is 1. The second-order valence-corrected chi connectivity index (χ2v) is 4.41. The first kappa shape index (κ1) is 11.9. The van der Waals surface area contributed by atoms with Gasteiger partial charge in [-0.05, 0) is 12.8 Å². The van der Waals surface area contributed by atoms with Crippen LogP contribution in [0, 0.1) is 0 Å². The predicted octanol–water partition coefficient (Wildman–Crippen LogP) is 2.07. The van der Waals surface area contributed by atoms with Gasteiger partial charge in [0.1, 0.15) is 5.54 Å². The van der Waals surface area contributed by atoms with Crippen LogP contribution < -0.4 is 0 Å². The van der Waals surface area contributed by atoms with Gasteiger partial charge in [0.05, 0.1) is 0 Å². The van der Waals surface area contributed by atoms with Gasteiger partial charge in [-0.1, -0.05) is 0 Å². The lowest BCUT2D eigenvalue weighted by Crippen LogP contribution is -2.07. The number of alkyl halides is 3. The van der Waals surface area contributed by atoms with Crippen LogP contribution in [0.15, 0.2) is 23.5 Å². The van der Waals surface area contributed by atoms with Gasteiger partial charge in [-0.15, -0.1) is 0 Å². The highest BCUT2D eigenvalue weighted by molar-refractivity contribution is 5.44. The average Bonchev–Trinajstić information content (AvgIpc) is 2.99. The summed E-state index contributed by atoms with van der Waals surface area (Å²) in [5.41, 5.74) is -1.00. The van der Waals surface area contributed by atoms with Crippen molar-refractivity contribution in [3.63, 3.8) is 0 Å². The van der Waals surface area contributed by atoms with Crippen LogP contribution in [0.5, 0.6) is 0 Å². The second kappa shape index (κ2) is 3.64. The maximum atomic E-state index is 12.5. The summed E-state index contributed by atoms with van der Waals surface area (Å²) in [6.07, 6.45) is 1.13. The van der Waals surface area contributed by atoms with E-state index in [1.807, 2.05) is 0 Å². The molecule has 1 saturated carbocycles. The Bertz CT molecular complexity index is 696. The number of carbonyl (C=O) groups excluding carboxylic acids is 1. The Balaban J connectivity index is 2.09. The van der Waals surface area contributed by atoms with Crippen molar-refractivity contribution in [1.29, 1.82) is 0 Å². The Morgan fingerprint density at radius 2 is 2.16 bits per heavy atom. The molecule has 8 heteroatoms. The summed E-state index contributed by atoms with van der Waals surface area (Å²) in [5, 5.41) is 3.44. The highest BCUT2D eigenvalue weighted by Crippen LogP contribution is 2.48. The molecule has 98 valence electrons. The van der Waals surface area contributed by atoms with Crippen molar-refractivity contribution in [3.8, 4) is 0 Å². The highest BCUT2D eigenvalue weighted by atomic mass is 19.4. The Morgan fingerprint density at radius 3 is 2.74 bits per heavy atom. The predicted molar refractivity (Wildman–Crippen MR) is 57.0 cm³/mol. The molecule has 0 spiro atoms. The topological polar surface area (TPSA) is 59.6 Å². The van der Waals surface area contributed by atoms with E-state index in [1.54, 1.807) is 0 Å². The van der Waals surface area contributed by atoms with Crippen LogP contribution in [-0.4, -0.2) is 20.7 Å². The van der Waals surface area contributed by atoms with Crippen molar-refractivity contribution in [2.75, 3.05) is 0 Å². The maximum Gasteiger partial charge on any atom is 0.435 e. The number of hydrogen-bond acceptors (Lipinski definition) is 4. The van der Waals surface area contributed by atoms with Crippen molar-refractivity contribution >= 4 is 11.7 Å². The minimum atomic E-state index is -4.51. The van der Waals surface area contributed by atoms with Gasteiger partial charge in [0.15, 0.2) is 11.3 Å². The number of aliphatic imine (C=N–C) groups is 1. The molecule has 0 radical (unpaired) electrons. The minimum Gasteiger partial charge on any atom is -0.237 e. The van der Waals surface area contributed by atoms with Gasteiger partial charge < -0.3 is 0 Å². The van der Waals surface area contributed by atoms with E-state index < -0.39 is 17.4 Å². The van der Waals surface area contributed by atoms with Crippen LogP contribution in [-0.2, 0) is 16.5 Å². The lowest BCUT2D eigenvalue weighted by Gasteiger charge is -2.06. The first-order valence-corrected chi connectivity index (χ1v) is 5.47. The first-order valence-electron chi connectivity index (χ1n) is 5.47. The van der Waals surface area contributed by atoms with Crippen LogP contribution in [0.3, 0.4) is 0 Å². The van der Waals surface area contributed by atoms with Crippen LogP contribution in [0.25, 0.3) is 5.65 Å². The van der Waals surface area contributed by atoms with Crippen molar-refractivity contribution < 1.29 is 18.0 Å². The summed E-state index contributed by atoms with van der Waals surface area (Å²) in [4.78, 5) is 18.0. The molecule has 3 rings (SSSR count). The van der Waals surface area contributed by atoms with E-state index in [9.17, 15) is 18.0 Å². The summed E-state index contributed by atoms with van der Waals surface area (Å²) in [6, 6.07) is 0.867. The molecule has 0 atom stereocenters. The zero-order valence-corrected chi connectivity index (χ0v) is 9.48. The number of isocyanates is 1. The van der Waals surface area contributed by atoms with Crippen molar-refractivity contribution in [2.45, 2.75) is 24.6 Å². The quantitative estimate of drug-likeness (QED) is 0.618. The van der Waals surface area contributed by atoms with Gasteiger partial charge in [0.25, 0.3) is 0 Å². The molecule has 2 aromatic rings. The third-order valence-electron chi connectivity index (χ3n) is 3.12. The summed E-state index contributed by atoms with van der Waals surface area (Å²) in [6.45, 7) is 0. The zero-order chi connectivity index (χ0) is 13.7. The van der Waals surface area contributed by atoms with E-state index in [0.717, 1.165) is 10.6 Å². The molecule has 0 saturated heterocycles. The number of aromatic nitrogens is 3. The van der Waals surface area contributed by atoms with E-state index >= 15 is 0 Å². The Hall–Kier alpha value is -2.21. The van der Waals surface area contributed by atoms with Crippen molar-refractivity contribution in [2.24, 2.45) is 4.99 Å². The monoisotopic (exact) mass is 268 g/mol. The highest BCUT2D eigenvalue weighted by Gasteiger charge is 2.45. The molecule has 2 heterocycles. The lowest BCUT2D eigenvalue weighted by molar-refractivity contribution is -0.141. The maximum absolute atomic E-state index is 12.5. The molecule has 1 aliphatic rings. The first-order chi connectivity index (χ1) is 8.94. The van der Waals surface area contributed by atoms with Gasteiger partial charge in [-0.25, -0.2) is 14.3 Å². The molecule has 1 aliphatic carbocycles. The lowest BCUT2D eigenvalue weighted by atomic mass is 10.1. The van der Waals surface area contributed by atoms with Crippen LogP contribution in [0.1, 0.15) is 24.1 Å². The van der Waals surface area contributed by atoms with E-state index in [4.69, 9.17) is 0 Å². The fourth-order valence-electron chi connectivity index (χ4n) is 1.93. The number of halogens is 3. The molecule has 0 aromatic carbocycles. The molecule has 0 N–H and O–H groups in total. The largest absolute Gasteiger partial charge is 0.435 e. The third-order valence-corrected chi connectivity index (χ3v) is 3.12. The molecular formula is C11H7F3N4O. The number of rotatable bonds is 2. The summed E-state index contributed by atoms with van der Waals surface area (Å²) in [7, 11) is 0. The smallest absolute Gasteiger partial charge is 0.237 e. The molecule has 0 aliphatic heterocycles. The number of nitrogens with zero attached hydrogens (tertiary/aromatic N) is 4. The molecule has 2 aromatic heterocycles. The van der Waals surface area contributed by atoms with E-state index in [2.05, 4.69) is 15.1 Å². The molecular weight excluding hydrogens is 261 g/mol. The average molecular weight is 268 g/mol. The summed E-state index contributed by atoms with van der Waals surface area (Å²) >= 11 is 0. The molecule has 1 fully saturated rings. The Labute approximate surface area is 104 Å². The van der Waals surface area contributed by atoms with Gasteiger partial charge in [-0.3, -0.25) is 0 Å². The van der Waals surface area contributed by atoms with Crippen LogP contribution >= 0.6 is 0 Å². The molecule has 0 amide bonds. The van der Waals surface area contributed by atoms with Gasteiger partial charge in [0.2, 0.25) is 6.08 Å². The van der Waals surface area contributed by atoms with Gasteiger partial charge in [-0.2, -0.15) is 23.3 Å². The van der Waals surface area contributed by atoms with E-state index in [1.165, 1.54) is 18.5 Å². The fraction of sp³-hybridized carbons (Fsp3) is 0.364. The molecule has 0 bridgehead atoms. The summed E-state index contributed by atoms with van der Waals surface area (Å²) < 4.78 is 38.6. The Morgan fingerprint density at radius 1 is 1.42 bits per heavy atom. The minimum absolute atomic E-state index is 0.0990. The molecule has 5 nitrogen and oxygen atoms in total. The SMILES string of the molecule is O=C=NC1(c2cnc3cc(C(F)(F)F)nn3c2)CC1. The Kier molecular flexibility index (Phi) is 2.27. The third kappa shape index (κ3) is 1.90. The molecule has 0 unspecified atom stereocenters. The van der Waals surface area contributed by atoms with Crippen LogP contribution in [0.2, 0.25) is 0 Å². The zero-order valence-electron chi connectivity index (χ0n) is 9.48. The number of hydrogen-bond donors (Lipinski definition) is 0. The fourth-order valence-corrected chi connectivity index (χ4v) is 1.93. The summed E-state index contributed by atoms with van der Waals surface area (Å²) in [5.74, 6) is 0. The van der Waals surface area contributed by atoms with Crippen molar-refractivity contribution in [3.05, 3.63) is 29.7 Å². The van der Waals surface area contributed by atoms with Gasteiger partial charge in [0, 0.05) is 24.0 Å². The molecule has 19 heavy (non-hydrogen) atoms. The second-order valence-electron chi connectivity index (χ2n) is 4.41. The normalized spacial score (nSPS) is 17.2. The van der Waals surface area contributed by atoms with Crippen molar-refractivity contribution in [1.82, 2.24) is 14.6 Å². The standard InChI is InChI=1S/C11H7F3N4O/c12-11(13,14)8-3-9-15-4-7(5-18(9)17-8)10(1-2-10)16-6-19/h3-5H,1-2H2.